The summed E-state index contributed by atoms with van der Waals surface area (Å²) in [7, 11) is 0. The zero-order chi connectivity index (χ0) is 12.2. The maximum absolute atomic E-state index is 11.4. The summed E-state index contributed by atoms with van der Waals surface area (Å²) in [6.07, 6.45) is 3.23. The molecule has 0 aliphatic rings. The van der Waals surface area contributed by atoms with Gasteiger partial charge >= 0.3 is 5.97 Å². The third-order valence-electron chi connectivity index (χ3n) is 1.71. The van der Waals surface area contributed by atoms with Crippen molar-refractivity contribution >= 4 is 34.6 Å². The highest BCUT2D eigenvalue weighted by Gasteiger charge is 2.13. The molecule has 0 amide bonds. The summed E-state index contributed by atoms with van der Waals surface area (Å²) in [6.45, 7) is 5.56. The lowest BCUT2D eigenvalue weighted by atomic mass is 10.2. The summed E-state index contributed by atoms with van der Waals surface area (Å²) < 4.78 is 6.28. The molecular weight excluding hydrogens is 315 g/mol. The molecule has 0 saturated heterocycles. The van der Waals surface area contributed by atoms with Crippen LogP contribution in [0.4, 0.5) is 0 Å². The Morgan fingerprint density at radius 2 is 1.94 bits per heavy atom. The van der Waals surface area contributed by atoms with E-state index in [-0.39, 0.29) is 5.97 Å². The standard InChI is InChI=1S/C13H15IO2/c1-13(2,3)16-12(15)9-8-10-6-4-5-7-11(10)14/h4-9H,1-3H3/b9-8+. The van der Waals surface area contributed by atoms with Crippen molar-refractivity contribution in [1.82, 2.24) is 0 Å². The Morgan fingerprint density at radius 3 is 2.50 bits per heavy atom. The molecule has 1 rings (SSSR count). The van der Waals surface area contributed by atoms with E-state index in [4.69, 9.17) is 4.74 Å². The number of halogens is 1. The first kappa shape index (κ1) is 13.2. The molecule has 0 spiro atoms. The van der Waals surface area contributed by atoms with E-state index < -0.39 is 5.60 Å². The van der Waals surface area contributed by atoms with Crippen molar-refractivity contribution in [3.8, 4) is 0 Å². The maximum atomic E-state index is 11.4. The van der Waals surface area contributed by atoms with Crippen LogP contribution in [0.5, 0.6) is 0 Å². The van der Waals surface area contributed by atoms with Gasteiger partial charge in [-0.25, -0.2) is 4.79 Å². The molecule has 0 bridgehead atoms. The number of rotatable bonds is 2. The van der Waals surface area contributed by atoms with Crippen molar-refractivity contribution < 1.29 is 9.53 Å². The molecule has 0 fully saturated rings. The minimum absolute atomic E-state index is 0.313. The van der Waals surface area contributed by atoms with E-state index in [0.717, 1.165) is 9.13 Å². The number of hydrogen-bond donors (Lipinski definition) is 0. The summed E-state index contributed by atoms with van der Waals surface area (Å²) in [5, 5.41) is 0. The van der Waals surface area contributed by atoms with Crippen molar-refractivity contribution in [2.45, 2.75) is 26.4 Å². The minimum Gasteiger partial charge on any atom is -0.457 e. The summed E-state index contributed by atoms with van der Waals surface area (Å²) in [5.41, 5.74) is 0.583. The van der Waals surface area contributed by atoms with E-state index >= 15 is 0 Å². The molecule has 0 aromatic heterocycles. The Morgan fingerprint density at radius 1 is 1.31 bits per heavy atom. The second kappa shape index (κ2) is 5.48. The highest BCUT2D eigenvalue weighted by Crippen LogP contribution is 2.13. The van der Waals surface area contributed by atoms with E-state index in [1.807, 2.05) is 45.0 Å². The Kier molecular flexibility index (Phi) is 4.53. The van der Waals surface area contributed by atoms with Crippen molar-refractivity contribution in [1.29, 1.82) is 0 Å². The van der Waals surface area contributed by atoms with Gasteiger partial charge < -0.3 is 4.74 Å². The molecule has 0 N–H and O–H groups in total. The molecule has 0 aliphatic carbocycles. The lowest BCUT2D eigenvalue weighted by Crippen LogP contribution is -2.22. The van der Waals surface area contributed by atoms with E-state index in [1.165, 1.54) is 6.08 Å². The van der Waals surface area contributed by atoms with Gasteiger partial charge in [-0.2, -0.15) is 0 Å². The number of esters is 1. The largest absolute Gasteiger partial charge is 0.457 e. The molecule has 0 aliphatic heterocycles. The number of carbonyl (C=O) groups is 1. The Hall–Kier alpha value is -0.840. The van der Waals surface area contributed by atoms with Crippen LogP contribution >= 0.6 is 22.6 Å². The number of ether oxygens (including phenoxy) is 1. The minimum atomic E-state index is -0.439. The molecule has 0 heterocycles. The monoisotopic (exact) mass is 330 g/mol. The van der Waals surface area contributed by atoms with Gasteiger partial charge in [-0.1, -0.05) is 18.2 Å². The Labute approximate surface area is 110 Å². The molecule has 2 nitrogen and oxygen atoms in total. The maximum Gasteiger partial charge on any atom is 0.331 e. The van der Waals surface area contributed by atoms with Gasteiger partial charge in [0.1, 0.15) is 5.60 Å². The van der Waals surface area contributed by atoms with Crippen LogP contribution in [0.2, 0.25) is 0 Å². The van der Waals surface area contributed by atoms with Gasteiger partial charge in [0, 0.05) is 9.65 Å². The fourth-order valence-electron chi connectivity index (χ4n) is 1.10. The van der Waals surface area contributed by atoms with Gasteiger partial charge in [0.25, 0.3) is 0 Å². The van der Waals surface area contributed by atoms with Crippen LogP contribution in [0.15, 0.2) is 30.3 Å². The summed E-state index contributed by atoms with van der Waals surface area (Å²) in [4.78, 5) is 11.4. The number of carbonyl (C=O) groups excluding carboxylic acids is 1. The van der Waals surface area contributed by atoms with E-state index in [1.54, 1.807) is 6.08 Å². The first-order valence-corrected chi connectivity index (χ1v) is 6.12. The zero-order valence-electron chi connectivity index (χ0n) is 9.66. The van der Waals surface area contributed by atoms with Crippen molar-refractivity contribution in [3.05, 3.63) is 39.5 Å². The van der Waals surface area contributed by atoms with Crippen LogP contribution in [-0.4, -0.2) is 11.6 Å². The highest BCUT2D eigenvalue weighted by atomic mass is 127. The average Bonchev–Trinajstić information content (AvgIpc) is 2.14. The topological polar surface area (TPSA) is 26.3 Å². The van der Waals surface area contributed by atoms with Gasteiger partial charge in [0.2, 0.25) is 0 Å². The number of hydrogen-bond acceptors (Lipinski definition) is 2. The summed E-state index contributed by atoms with van der Waals surface area (Å²) in [6, 6.07) is 7.86. The Balaban J connectivity index is 2.68. The predicted molar refractivity (Wildman–Crippen MR) is 74.0 cm³/mol. The van der Waals surface area contributed by atoms with Gasteiger partial charge in [-0.3, -0.25) is 0 Å². The molecule has 1 aromatic rings. The van der Waals surface area contributed by atoms with Crippen LogP contribution in [0.1, 0.15) is 26.3 Å². The first-order chi connectivity index (χ1) is 7.38. The van der Waals surface area contributed by atoms with Gasteiger partial charge in [-0.15, -0.1) is 0 Å². The van der Waals surface area contributed by atoms with Crippen LogP contribution in [0.3, 0.4) is 0 Å². The number of benzene rings is 1. The molecule has 0 radical (unpaired) electrons. The van der Waals surface area contributed by atoms with Crippen LogP contribution in [0, 0.1) is 3.57 Å². The molecule has 0 atom stereocenters. The van der Waals surface area contributed by atoms with Gasteiger partial charge in [-0.05, 0) is 61.1 Å². The average molecular weight is 330 g/mol. The third-order valence-corrected chi connectivity index (χ3v) is 2.69. The molecule has 0 unspecified atom stereocenters. The normalized spacial score (nSPS) is 11.8. The molecule has 16 heavy (non-hydrogen) atoms. The summed E-state index contributed by atoms with van der Waals surface area (Å²) in [5.74, 6) is -0.313. The fourth-order valence-corrected chi connectivity index (χ4v) is 1.67. The molecule has 86 valence electrons. The van der Waals surface area contributed by atoms with Crippen molar-refractivity contribution in [2.75, 3.05) is 0 Å². The van der Waals surface area contributed by atoms with Crippen LogP contribution in [0.25, 0.3) is 6.08 Å². The highest BCUT2D eigenvalue weighted by molar-refractivity contribution is 14.1. The van der Waals surface area contributed by atoms with Crippen LogP contribution < -0.4 is 0 Å². The van der Waals surface area contributed by atoms with Crippen LogP contribution in [-0.2, 0) is 9.53 Å². The smallest absolute Gasteiger partial charge is 0.331 e. The predicted octanol–water partition coefficient (Wildman–Crippen LogP) is 3.65. The van der Waals surface area contributed by atoms with E-state index in [9.17, 15) is 4.79 Å². The zero-order valence-corrected chi connectivity index (χ0v) is 11.8. The first-order valence-electron chi connectivity index (χ1n) is 5.04. The van der Waals surface area contributed by atoms with Gasteiger partial charge in [0.15, 0.2) is 0 Å². The SMILES string of the molecule is CC(C)(C)OC(=O)/C=C/c1ccccc1I. The molecule has 3 heteroatoms. The second-order valence-electron chi connectivity index (χ2n) is 4.39. The molecule has 0 saturated carbocycles. The molecular formula is C13H15IO2. The van der Waals surface area contributed by atoms with E-state index in [0.29, 0.717) is 0 Å². The quantitative estimate of drug-likeness (QED) is 0.470. The van der Waals surface area contributed by atoms with Crippen molar-refractivity contribution in [3.63, 3.8) is 0 Å². The molecule has 1 aromatic carbocycles. The second-order valence-corrected chi connectivity index (χ2v) is 5.55. The fraction of sp³-hybridized carbons (Fsp3) is 0.308. The lowest BCUT2D eigenvalue weighted by Gasteiger charge is -2.17. The summed E-state index contributed by atoms with van der Waals surface area (Å²) >= 11 is 2.23. The Bertz CT molecular complexity index is 403. The lowest BCUT2D eigenvalue weighted by molar-refractivity contribution is -0.148. The third kappa shape index (κ3) is 4.79. The van der Waals surface area contributed by atoms with Crippen molar-refractivity contribution in [2.24, 2.45) is 0 Å². The van der Waals surface area contributed by atoms with Gasteiger partial charge in [0.05, 0.1) is 0 Å². The van der Waals surface area contributed by atoms with E-state index in [2.05, 4.69) is 22.6 Å².